The van der Waals surface area contributed by atoms with E-state index in [1.165, 1.54) is 4.88 Å². The third kappa shape index (κ3) is 2.77. The zero-order chi connectivity index (χ0) is 10.6. The van der Waals surface area contributed by atoms with Crippen molar-refractivity contribution in [2.45, 2.75) is 33.3 Å². The molecule has 0 bridgehead atoms. The molecular formula is C10H18N2OS. The van der Waals surface area contributed by atoms with Crippen LogP contribution in [0.2, 0.25) is 0 Å². The summed E-state index contributed by atoms with van der Waals surface area (Å²) in [6, 6.07) is 0. The van der Waals surface area contributed by atoms with E-state index in [-0.39, 0.29) is 6.10 Å². The molecule has 0 saturated carbocycles. The molecule has 2 N–H and O–H groups in total. The minimum absolute atomic E-state index is 0.107. The summed E-state index contributed by atoms with van der Waals surface area (Å²) in [7, 11) is 0. The van der Waals surface area contributed by atoms with Crippen molar-refractivity contribution in [3.63, 3.8) is 0 Å². The monoisotopic (exact) mass is 214 g/mol. The van der Waals surface area contributed by atoms with Gasteiger partial charge in [0.2, 0.25) is 0 Å². The molecule has 0 aliphatic rings. The summed E-state index contributed by atoms with van der Waals surface area (Å²) in [6.07, 6.45) is 1.03. The molecule has 0 aromatic carbocycles. The fraction of sp³-hybridized carbons (Fsp3) is 0.700. The average molecular weight is 214 g/mol. The molecule has 0 aliphatic carbocycles. The van der Waals surface area contributed by atoms with E-state index in [1.807, 2.05) is 20.8 Å². The van der Waals surface area contributed by atoms with Crippen LogP contribution in [0.1, 0.15) is 35.5 Å². The van der Waals surface area contributed by atoms with Crippen molar-refractivity contribution in [3.05, 3.63) is 15.6 Å². The van der Waals surface area contributed by atoms with Crippen LogP contribution in [0.15, 0.2) is 0 Å². The Bertz CT molecular complexity index is 286. The van der Waals surface area contributed by atoms with Gasteiger partial charge in [0.05, 0.1) is 5.69 Å². The van der Waals surface area contributed by atoms with Gasteiger partial charge in [-0.05, 0) is 33.7 Å². The van der Waals surface area contributed by atoms with Crippen LogP contribution in [-0.4, -0.2) is 18.1 Å². The summed E-state index contributed by atoms with van der Waals surface area (Å²) >= 11 is 1.72. The van der Waals surface area contributed by atoms with Crippen LogP contribution in [-0.2, 0) is 11.2 Å². The number of thiazole rings is 1. The Hall–Kier alpha value is -0.450. The minimum atomic E-state index is 0.107. The van der Waals surface area contributed by atoms with E-state index in [9.17, 15) is 0 Å². The molecule has 1 unspecified atom stereocenters. The lowest BCUT2D eigenvalue weighted by Crippen LogP contribution is -2.01. The van der Waals surface area contributed by atoms with Gasteiger partial charge in [-0.3, -0.25) is 0 Å². The molecular weight excluding hydrogens is 196 g/mol. The van der Waals surface area contributed by atoms with Crippen molar-refractivity contribution < 1.29 is 4.74 Å². The van der Waals surface area contributed by atoms with Gasteiger partial charge in [0.25, 0.3) is 0 Å². The van der Waals surface area contributed by atoms with Crippen molar-refractivity contribution in [1.82, 2.24) is 4.98 Å². The number of nitrogens with zero attached hydrogens (tertiary/aromatic N) is 1. The second-order valence-corrected chi connectivity index (χ2v) is 4.31. The average Bonchev–Trinajstić information content (AvgIpc) is 2.49. The molecule has 0 spiro atoms. The highest BCUT2D eigenvalue weighted by Crippen LogP contribution is 2.25. The third-order valence-electron chi connectivity index (χ3n) is 2.05. The van der Waals surface area contributed by atoms with E-state index < -0.39 is 0 Å². The Labute approximate surface area is 89.3 Å². The van der Waals surface area contributed by atoms with Crippen LogP contribution < -0.4 is 5.73 Å². The van der Waals surface area contributed by atoms with E-state index in [0.29, 0.717) is 6.54 Å². The van der Waals surface area contributed by atoms with Gasteiger partial charge < -0.3 is 10.5 Å². The van der Waals surface area contributed by atoms with Crippen molar-refractivity contribution in [3.8, 4) is 0 Å². The van der Waals surface area contributed by atoms with E-state index in [1.54, 1.807) is 11.3 Å². The van der Waals surface area contributed by atoms with Gasteiger partial charge in [0.15, 0.2) is 0 Å². The van der Waals surface area contributed by atoms with Crippen LogP contribution in [0.5, 0.6) is 0 Å². The fourth-order valence-corrected chi connectivity index (χ4v) is 2.39. The Morgan fingerprint density at radius 2 is 2.29 bits per heavy atom. The van der Waals surface area contributed by atoms with Crippen molar-refractivity contribution in [2.75, 3.05) is 13.2 Å². The molecule has 80 valence electrons. The van der Waals surface area contributed by atoms with Crippen LogP contribution in [0, 0.1) is 6.92 Å². The smallest absolute Gasteiger partial charge is 0.122 e. The number of rotatable bonds is 5. The summed E-state index contributed by atoms with van der Waals surface area (Å²) in [6.45, 7) is 7.48. The summed E-state index contributed by atoms with van der Waals surface area (Å²) in [5, 5.41) is 1.06. The summed E-state index contributed by atoms with van der Waals surface area (Å²) in [5.74, 6) is 0. The van der Waals surface area contributed by atoms with E-state index >= 15 is 0 Å². The first-order valence-corrected chi connectivity index (χ1v) is 5.78. The van der Waals surface area contributed by atoms with Crippen molar-refractivity contribution in [1.29, 1.82) is 0 Å². The lowest BCUT2D eigenvalue weighted by molar-refractivity contribution is 0.0761. The van der Waals surface area contributed by atoms with E-state index in [0.717, 1.165) is 23.7 Å². The quantitative estimate of drug-likeness (QED) is 0.816. The molecule has 1 heterocycles. The molecule has 1 aromatic heterocycles. The fourth-order valence-electron chi connectivity index (χ4n) is 1.31. The Morgan fingerprint density at radius 3 is 2.86 bits per heavy atom. The van der Waals surface area contributed by atoms with Gasteiger partial charge >= 0.3 is 0 Å². The summed E-state index contributed by atoms with van der Waals surface area (Å²) < 4.78 is 5.49. The zero-order valence-corrected chi connectivity index (χ0v) is 9.86. The number of ether oxygens (including phenoxy) is 1. The topological polar surface area (TPSA) is 48.1 Å². The Balaban J connectivity index is 2.74. The lowest BCUT2D eigenvalue weighted by Gasteiger charge is -2.06. The van der Waals surface area contributed by atoms with Gasteiger partial charge in [-0.1, -0.05) is 0 Å². The number of hydrogen-bond donors (Lipinski definition) is 1. The molecule has 14 heavy (non-hydrogen) atoms. The van der Waals surface area contributed by atoms with Crippen molar-refractivity contribution >= 4 is 11.3 Å². The van der Waals surface area contributed by atoms with Crippen LogP contribution in [0.4, 0.5) is 0 Å². The maximum absolute atomic E-state index is 5.52. The molecule has 4 heteroatoms. The lowest BCUT2D eigenvalue weighted by atomic mass is 10.3. The summed E-state index contributed by atoms with van der Waals surface area (Å²) in [5.41, 5.74) is 6.62. The molecule has 1 rings (SSSR count). The van der Waals surface area contributed by atoms with Gasteiger partial charge in [0.1, 0.15) is 11.1 Å². The maximum Gasteiger partial charge on any atom is 0.122 e. The first kappa shape index (κ1) is 11.6. The first-order valence-electron chi connectivity index (χ1n) is 4.96. The van der Waals surface area contributed by atoms with Gasteiger partial charge in [-0.2, -0.15) is 0 Å². The second kappa shape index (κ2) is 5.44. The molecule has 3 nitrogen and oxygen atoms in total. The largest absolute Gasteiger partial charge is 0.372 e. The molecule has 0 saturated heterocycles. The Kier molecular flexibility index (Phi) is 4.51. The predicted octanol–water partition coefficient (Wildman–Crippen LogP) is 2.05. The maximum atomic E-state index is 5.52. The molecule has 1 atom stereocenters. The zero-order valence-electron chi connectivity index (χ0n) is 9.04. The minimum Gasteiger partial charge on any atom is -0.372 e. The molecule has 0 fully saturated rings. The first-order chi connectivity index (χ1) is 6.69. The standard InChI is InChI=1S/C10H18N2OS/c1-4-13-8(3)10-12-7(2)9(14-10)5-6-11/h8H,4-6,11H2,1-3H3. The number of nitrogens with two attached hydrogens (primary N) is 1. The summed E-state index contributed by atoms with van der Waals surface area (Å²) in [4.78, 5) is 5.77. The highest BCUT2D eigenvalue weighted by molar-refractivity contribution is 7.11. The van der Waals surface area contributed by atoms with Gasteiger partial charge in [-0.25, -0.2) is 4.98 Å². The van der Waals surface area contributed by atoms with Crippen molar-refractivity contribution in [2.24, 2.45) is 5.73 Å². The highest BCUT2D eigenvalue weighted by Gasteiger charge is 2.12. The third-order valence-corrected chi connectivity index (χ3v) is 3.42. The van der Waals surface area contributed by atoms with Crippen LogP contribution >= 0.6 is 11.3 Å². The Morgan fingerprint density at radius 1 is 1.57 bits per heavy atom. The van der Waals surface area contributed by atoms with E-state index in [2.05, 4.69) is 4.98 Å². The van der Waals surface area contributed by atoms with Crippen LogP contribution in [0.25, 0.3) is 0 Å². The molecule has 1 aromatic rings. The molecule has 0 radical (unpaired) electrons. The molecule has 0 amide bonds. The van der Waals surface area contributed by atoms with Gasteiger partial charge in [0, 0.05) is 11.5 Å². The van der Waals surface area contributed by atoms with Gasteiger partial charge in [-0.15, -0.1) is 11.3 Å². The second-order valence-electron chi connectivity index (χ2n) is 3.20. The SMILES string of the molecule is CCOC(C)c1nc(C)c(CCN)s1. The predicted molar refractivity (Wildman–Crippen MR) is 59.7 cm³/mol. The number of hydrogen-bond acceptors (Lipinski definition) is 4. The molecule has 0 aliphatic heterocycles. The number of aryl methyl sites for hydroxylation is 1. The normalized spacial score (nSPS) is 13.1. The number of aromatic nitrogens is 1. The van der Waals surface area contributed by atoms with Crippen LogP contribution in [0.3, 0.4) is 0 Å². The highest BCUT2D eigenvalue weighted by atomic mass is 32.1. The van der Waals surface area contributed by atoms with E-state index in [4.69, 9.17) is 10.5 Å².